The number of rotatable bonds is 3. The largest absolute Gasteiger partial charge is 0.365 e. The van der Waals surface area contributed by atoms with Gasteiger partial charge in [0.1, 0.15) is 0 Å². The predicted octanol–water partition coefficient (Wildman–Crippen LogP) is 2.26. The summed E-state index contributed by atoms with van der Waals surface area (Å²) >= 11 is 0. The molecule has 74 valence electrons. The Bertz CT molecular complexity index is 265. The summed E-state index contributed by atoms with van der Waals surface area (Å²) < 4.78 is 0. The van der Waals surface area contributed by atoms with Gasteiger partial charge in [0.15, 0.2) is 0 Å². The van der Waals surface area contributed by atoms with Crippen LogP contribution >= 0.6 is 0 Å². The molecule has 2 nitrogen and oxygen atoms in total. The summed E-state index contributed by atoms with van der Waals surface area (Å²) in [5.74, 6) is 0. The minimum Gasteiger partial charge on any atom is -0.365 e. The van der Waals surface area contributed by atoms with E-state index in [4.69, 9.17) is 5.73 Å². The van der Waals surface area contributed by atoms with Crippen molar-refractivity contribution in [1.82, 2.24) is 4.98 Å². The van der Waals surface area contributed by atoms with E-state index in [2.05, 4.69) is 38.9 Å². The summed E-state index contributed by atoms with van der Waals surface area (Å²) in [7, 11) is 0. The first-order valence-corrected chi connectivity index (χ1v) is 4.84. The van der Waals surface area contributed by atoms with Crippen LogP contribution in [-0.2, 0) is 5.41 Å². The molecule has 0 spiro atoms. The highest BCUT2D eigenvalue weighted by atomic mass is 14.7. The zero-order chi connectivity index (χ0) is 10.1. The van der Waals surface area contributed by atoms with Gasteiger partial charge in [0, 0.05) is 11.9 Å². The second-order valence-electron chi connectivity index (χ2n) is 4.39. The van der Waals surface area contributed by atoms with E-state index in [1.54, 1.807) is 0 Å². The zero-order valence-electron chi connectivity index (χ0n) is 9.07. The standard InChI is InChI=1S/C11H20N2/c1-8-7-13-9(2)10(8)11(3,4)5-6-12/h7,13H,5-6,12H2,1-4H3. The van der Waals surface area contributed by atoms with E-state index < -0.39 is 0 Å². The second-order valence-corrected chi connectivity index (χ2v) is 4.39. The predicted molar refractivity (Wildman–Crippen MR) is 57.0 cm³/mol. The molecular formula is C11H20N2. The molecule has 0 atom stereocenters. The molecule has 0 aliphatic heterocycles. The van der Waals surface area contributed by atoms with Gasteiger partial charge in [-0.25, -0.2) is 0 Å². The molecule has 0 saturated heterocycles. The maximum atomic E-state index is 5.61. The van der Waals surface area contributed by atoms with Gasteiger partial charge in [-0.1, -0.05) is 13.8 Å². The van der Waals surface area contributed by atoms with Crippen molar-refractivity contribution in [2.24, 2.45) is 5.73 Å². The summed E-state index contributed by atoms with van der Waals surface area (Å²) in [4.78, 5) is 3.26. The van der Waals surface area contributed by atoms with Crippen molar-refractivity contribution in [3.63, 3.8) is 0 Å². The highest BCUT2D eigenvalue weighted by Crippen LogP contribution is 2.31. The van der Waals surface area contributed by atoms with E-state index in [-0.39, 0.29) is 5.41 Å². The molecule has 0 fully saturated rings. The van der Waals surface area contributed by atoms with Crippen molar-refractivity contribution < 1.29 is 0 Å². The quantitative estimate of drug-likeness (QED) is 0.736. The molecule has 13 heavy (non-hydrogen) atoms. The van der Waals surface area contributed by atoms with Crippen LogP contribution in [0.1, 0.15) is 37.1 Å². The molecule has 2 heteroatoms. The average Bonchev–Trinajstić information content (AvgIpc) is 2.31. The van der Waals surface area contributed by atoms with Gasteiger partial charge in [-0.2, -0.15) is 0 Å². The number of H-pyrrole nitrogens is 1. The molecule has 0 saturated carbocycles. The lowest BCUT2D eigenvalue weighted by molar-refractivity contribution is 0.483. The average molecular weight is 180 g/mol. The normalized spacial score (nSPS) is 12.1. The van der Waals surface area contributed by atoms with Crippen molar-refractivity contribution in [3.05, 3.63) is 23.0 Å². The smallest absolute Gasteiger partial charge is 0.0156 e. The molecule has 1 aromatic heterocycles. The molecular weight excluding hydrogens is 160 g/mol. The Labute approximate surface area is 80.5 Å². The Balaban J connectivity index is 3.05. The van der Waals surface area contributed by atoms with Crippen molar-refractivity contribution in [1.29, 1.82) is 0 Å². The Kier molecular flexibility index (Phi) is 2.81. The van der Waals surface area contributed by atoms with Crippen LogP contribution in [0.2, 0.25) is 0 Å². The zero-order valence-corrected chi connectivity index (χ0v) is 9.07. The van der Waals surface area contributed by atoms with E-state index in [0.717, 1.165) is 13.0 Å². The monoisotopic (exact) mass is 180 g/mol. The third kappa shape index (κ3) is 1.94. The number of nitrogens with one attached hydrogen (secondary N) is 1. The highest BCUT2D eigenvalue weighted by Gasteiger charge is 2.24. The minimum absolute atomic E-state index is 0.197. The van der Waals surface area contributed by atoms with Gasteiger partial charge >= 0.3 is 0 Å². The maximum absolute atomic E-state index is 5.61. The number of hydrogen-bond acceptors (Lipinski definition) is 1. The lowest BCUT2D eigenvalue weighted by atomic mass is 9.80. The fraction of sp³-hybridized carbons (Fsp3) is 0.636. The second kappa shape index (κ2) is 3.54. The van der Waals surface area contributed by atoms with Gasteiger partial charge in [-0.05, 0) is 43.4 Å². The van der Waals surface area contributed by atoms with Crippen molar-refractivity contribution >= 4 is 0 Å². The van der Waals surface area contributed by atoms with Crippen LogP contribution in [0.4, 0.5) is 0 Å². The van der Waals surface area contributed by atoms with Crippen molar-refractivity contribution in [3.8, 4) is 0 Å². The molecule has 0 aromatic carbocycles. The lowest BCUT2D eigenvalue weighted by Crippen LogP contribution is -2.22. The van der Waals surface area contributed by atoms with Crippen molar-refractivity contribution in [2.45, 2.75) is 39.5 Å². The fourth-order valence-electron chi connectivity index (χ4n) is 2.18. The third-order valence-corrected chi connectivity index (χ3v) is 2.72. The molecule has 0 aliphatic carbocycles. The first-order valence-electron chi connectivity index (χ1n) is 4.84. The molecule has 0 amide bonds. The maximum Gasteiger partial charge on any atom is 0.0156 e. The van der Waals surface area contributed by atoms with E-state index in [0.29, 0.717) is 0 Å². The molecule has 0 aliphatic rings. The van der Waals surface area contributed by atoms with Gasteiger partial charge in [-0.15, -0.1) is 0 Å². The number of aromatic nitrogens is 1. The fourth-order valence-corrected chi connectivity index (χ4v) is 2.18. The third-order valence-electron chi connectivity index (χ3n) is 2.72. The summed E-state index contributed by atoms with van der Waals surface area (Å²) in [6, 6.07) is 0. The van der Waals surface area contributed by atoms with Crippen LogP contribution in [0, 0.1) is 13.8 Å². The lowest BCUT2D eigenvalue weighted by Gasteiger charge is -2.25. The molecule has 1 heterocycles. The van der Waals surface area contributed by atoms with E-state index in [1.165, 1.54) is 16.8 Å². The molecule has 1 rings (SSSR count). The summed E-state index contributed by atoms with van der Waals surface area (Å²) in [6.07, 6.45) is 3.11. The van der Waals surface area contributed by atoms with Crippen LogP contribution in [0.15, 0.2) is 6.20 Å². The van der Waals surface area contributed by atoms with Crippen LogP contribution < -0.4 is 5.73 Å². The van der Waals surface area contributed by atoms with E-state index >= 15 is 0 Å². The van der Waals surface area contributed by atoms with Gasteiger partial charge in [0.25, 0.3) is 0 Å². The molecule has 0 bridgehead atoms. The highest BCUT2D eigenvalue weighted by molar-refractivity contribution is 5.35. The van der Waals surface area contributed by atoms with E-state index in [9.17, 15) is 0 Å². The van der Waals surface area contributed by atoms with Gasteiger partial charge in [0.05, 0.1) is 0 Å². The summed E-state index contributed by atoms with van der Waals surface area (Å²) in [6.45, 7) is 9.53. The van der Waals surface area contributed by atoms with Gasteiger partial charge < -0.3 is 10.7 Å². The first-order chi connectivity index (χ1) is 5.99. The van der Waals surface area contributed by atoms with Crippen LogP contribution in [0.5, 0.6) is 0 Å². The Hall–Kier alpha value is -0.760. The van der Waals surface area contributed by atoms with Crippen LogP contribution in [0.3, 0.4) is 0 Å². The molecule has 3 N–H and O–H groups in total. The molecule has 0 unspecified atom stereocenters. The van der Waals surface area contributed by atoms with Crippen molar-refractivity contribution in [2.75, 3.05) is 6.54 Å². The Morgan fingerprint density at radius 1 is 1.38 bits per heavy atom. The number of nitrogens with two attached hydrogens (primary N) is 1. The van der Waals surface area contributed by atoms with Gasteiger partial charge in [-0.3, -0.25) is 0 Å². The van der Waals surface area contributed by atoms with Crippen LogP contribution in [0.25, 0.3) is 0 Å². The first kappa shape index (κ1) is 10.3. The van der Waals surface area contributed by atoms with Crippen LogP contribution in [-0.4, -0.2) is 11.5 Å². The molecule has 1 aromatic rings. The number of aromatic amines is 1. The summed E-state index contributed by atoms with van der Waals surface area (Å²) in [5.41, 5.74) is 9.85. The summed E-state index contributed by atoms with van der Waals surface area (Å²) in [5, 5.41) is 0. The Morgan fingerprint density at radius 2 is 2.00 bits per heavy atom. The number of hydrogen-bond donors (Lipinski definition) is 2. The topological polar surface area (TPSA) is 41.8 Å². The SMILES string of the molecule is Cc1c[nH]c(C)c1C(C)(C)CCN. The van der Waals surface area contributed by atoms with Gasteiger partial charge in [0.2, 0.25) is 0 Å². The number of aryl methyl sites for hydroxylation is 2. The Morgan fingerprint density at radius 3 is 2.38 bits per heavy atom. The van der Waals surface area contributed by atoms with E-state index in [1.807, 2.05) is 0 Å². The molecule has 0 radical (unpaired) electrons. The minimum atomic E-state index is 0.197.